The first-order chi connectivity index (χ1) is 8.13. The van der Waals surface area contributed by atoms with Crippen LogP contribution >= 0.6 is 0 Å². The van der Waals surface area contributed by atoms with E-state index in [0.717, 1.165) is 25.9 Å². The van der Waals surface area contributed by atoms with E-state index in [-0.39, 0.29) is 12.5 Å². The van der Waals surface area contributed by atoms with Gasteiger partial charge in [0.1, 0.15) is 12.4 Å². The van der Waals surface area contributed by atoms with Crippen LogP contribution in [0, 0.1) is 0 Å². The van der Waals surface area contributed by atoms with Gasteiger partial charge in [0, 0.05) is 12.2 Å². The van der Waals surface area contributed by atoms with Crippen molar-refractivity contribution in [2.45, 2.75) is 25.4 Å². The van der Waals surface area contributed by atoms with Crippen LogP contribution in [0.4, 0.5) is 5.82 Å². The van der Waals surface area contributed by atoms with E-state index in [9.17, 15) is 4.79 Å². The highest BCUT2D eigenvalue weighted by Crippen LogP contribution is 2.08. The number of nitrogens with zero attached hydrogens (tertiary/aromatic N) is 3. The molecule has 0 aromatic carbocycles. The predicted octanol–water partition coefficient (Wildman–Crippen LogP) is -0.324. The molecule has 0 atom stereocenters. The van der Waals surface area contributed by atoms with Crippen LogP contribution in [-0.2, 0) is 11.3 Å². The molecule has 3 N–H and O–H groups in total. The number of rotatable bonds is 3. The summed E-state index contributed by atoms with van der Waals surface area (Å²) in [5, 5.41) is 7.01. The van der Waals surface area contributed by atoms with Crippen LogP contribution < -0.4 is 11.1 Å². The summed E-state index contributed by atoms with van der Waals surface area (Å²) in [5.74, 6) is 0.444. The van der Waals surface area contributed by atoms with E-state index in [4.69, 9.17) is 5.73 Å². The maximum Gasteiger partial charge on any atom is 0.241 e. The van der Waals surface area contributed by atoms with Crippen molar-refractivity contribution in [3.63, 3.8) is 0 Å². The fourth-order valence-electron chi connectivity index (χ4n) is 2.04. The molecule has 1 fully saturated rings. The van der Waals surface area contributed by atoms with Gasteiger partial charge in [-0.3, -0.25) is 9.48 Å². The van der Waals surface area contributed by atoms with Gasteiger partial charge < -0.3 is 16.0 Å². The van der Waals surface area contributed by atoms with Gasteiger partial charge in [-0.1, -0.05) is 0 Å². The maximum atomic E-state index is 11.7. The molecule has 1 saturated heterocycles. The Morgan fingerprint density at radius 2 is 2.29 bits per heavy atom. The summed E-state index contributed by atoms with van der Waals surface area (Å²) in [6.07, 6.45) is 3.75. The van der Waals surface area contributed by atoms with E-state index in [1.54, 1.807) is 16.9 Å². The molecule has 0 unspecified atom stereocenters. The number of hydrogen-bond acceptors (Lipinski definition) is 4. The molecule has 2 heterocycles. The Labute approximate surface area is 101 Å². The number of anilines is 1. The topological polar surface area (TPSA) is 76.2 Å². The first-order valence-corrected chi connectivity index (χ1v) is 5.90. The second-order valence-corrected chi connectivity index (χ2v) is 4.58. The lowest BCUT2D eigenvalue weighted by Crippen LogP contribution is -2.44. The molecule has 1 aromatic rings. The van der Waals surface area contributed by atoms with Gasteiger partial charge >= 0.3 is 0 Å². The number of carbonyl (C=O) groups is 1. The molecule has 17 heavy (non-hydrogen) atoms. The Balaban J connectivity index is 1.77. The van der Waals surface area contributed by atoms with E-state index in [1.807, 2.05) is 0 Å². The minimum Gasteiger partial charge on any atom is -0.382 e. The number of likely N-dealkylation sites (tertiary alicyclic amines) is 1. The molecule has 0 saturated carbocycles. The van der Waals surface area contributed by atoms with Crippen LogP contribution in [0.15, 0.2) is 12.3 Å². The second-order valence-electron chi connectivity index (χ2n) is 4.58. The lowest BCUT2D eigenvalue weighted by molar-refractivity contribution is -0.122. The summed E-state index contributed by atoms with van der Waals surface area (Å²) in [5.41, 5.74) is 5.48. The number of nitrogens with two attached hydrogens (primary N) is 1. The van der Waals surface area contributed by atoms with Crippen molar-refractivity contribution < 1.29 is 4.79 Å². The normalized spacial score (nSPS) is 18.2. The first-order valence-electron chi connectivity index (χ1n) is 5.90. The molecule has 0 radical (unpaired) electrons. The van der Waals surface area contributed by atoms with Gasteiger partial charge in [-0.05, 0) is 39.0 Å². The molecule has 2 rings (SSSR count). The minimum atomic E-state index is 0.00246. The summed E-state index contributed by atoms with van der Waals surface area (Å²) in [7, 11) is 2.10. The van der Waals surface area contributed by atoms with Crippen molar-refractivity contribution >= 4 is 11.7 Å². The predicted molar refractivity (Wildman–Crippen MR) is 65.3 cm³/mol. The van der Waals surface area contributed by atoms with Crippen molar-refractivity contribution in [3.8, 4) is 0 Å². The van der Waals surface area contributed by atoms with Crippen LogP contribution in [0.5, 0.6) is 0 Å². The summed E-state index contributed by atoms with van der Waals surface area (Å²) in [6.45, 7) is 2.32. The van der Waals surface area contributed by atoms with Crippen LogP contribution in [0.25, 0.3) is 0 Å². The highest BCUT2D eigenvalue weighted by molar-refractivity contribution is 5.76. The van der Waals surface area contributed by atoms with Crippen molar-refractivity contribution in [1.82, 2.24) is 20.0 Å². The molecule has 1 aromatic heterocycles. The number of carbonyl (C=O) groups excluding carboxylic acids is 1. The highest BCUT2D eigenvalue weighted by Gasteiger charge is 2.18. The van der Waals surface area contributed by atoms with Crippen LogP contribution in [-0.4, -0.2) is 46.8 Å². The molecule has 94 valence electrons. The zero-order valence-electron chi connectivity index (χ0n) is 10.1. The van der Waals surface area contributed by atoms with Gasteiger partial charge in [0.05, 0.1) is 0 Å². The minimum absolute atomic E-state index is 0.00246. The Kier molecular flexibility index (Phi) is 3.63. The molecule has 1 aliphatic heterocycles. The summed E-state index contributed by atoms with van der Waals surface area (Å²) < 4.78 is 1.56. The molecule has 1 amide bonds. The number of nitrogen functional groups attached to an aromatic ring is 1. The number of piperidine rings is 1. The Morgan fingerprint density at radius 3 is 2.88 bits per heavy atom. The van der Waals surface area contributed by atoms with E-state index in [0.29, 0.717) is 11.9 Å². The third-order valence-corrected chi connectivity index (χ3v) is 3.05. The van der Waals surface area contributed by atoms with Crippen molar-refractivity contribution in [2.24, 2.45) is 0 Å². The monoisotopic (exact) mass is 237 g/mol. The average Bonchev–Trinajstić information content (AvgIpc) is 2.67. The lowest BCUT2D eigenvalue weighted by atomic mass is 10.1. The van der Waals surface area contributed by atoms with E-state index < -0.39 is 0 Å². The number of hydrogen-bond donors (Lipinski definition) is 2. The maximum absolute atomic E-state index is 11.7. The zero-order valence-corrected chi connectivity index (χ0v) is 10.1. The molecule has 6 heteroatoms. The SMILES string of the molecule is CN1CCC(NC(=O)Cn2ccc(N)n2)CC1. The van der Waals surface area contributed by atoms with Crippen LogP contribution in [0.1, 0.15) is 12.8 Å². The molecular formula is C11H19N5O. The number of amides is 1. The van der Waals surface area contributed by atoms with Crippen LogP contribution in [0.3, 0.4) is 0 Å². The Hall–Kier alpha value is -1.56. The number of aromatic nitrogens is 2. The first kappa shape index (κ1) is 11.9. The van der Waals surface area contributed by atoms with Gasteiger partial charge in [0.25, 0.3) is 0 Å². The van der Waals surface area contributed by atoms with Gasteiger partial charge in [-0.2, -0.15) is 5.10 Å². The van der Waals surface area contributed by atoms with E-state index >= 15 is 0 Å². The third kappa shape index (κ3) is 3.45. The molecule has 0 aliphatic carbocycles. The Bertz CT molecular complexity index is 381. The van der Waals surface area contributed by atoms with E-state index in [1.165, 1.54) is 0 Å². The standard InChI is InChI=1S/C11H19N5O/c1-15-5-2-9(3-6-15)13-11(17)8-16-7-4-10(12)14-16/h4,7,9H,2-3,5-6,8H2,1H3,(H2,12,14)(H,13,17). The summed E-state index contributed by atoms with van der Waals surface area (Å²) >= 11 is 0. The average molecular weight is 237 g/mol. The van der Waals surface area contributed by atoms with Crippen molar-refractivity contribution in [3.05, 3.63) is 12.3 Å². The molecule has 6 nitrogen and oxygen atoms in total. The van der Waals surface area contributed by atoms with E-state index in [2.05, 4.69) is 22.4 Å². The highest BCUT2D eigenvalue weighted by atomic mass is 16.2. The summed E-state index contributed by atoms with van der Waals surface area (Å²) in [4.78, 5) is 14.0. The van der Waals surface area contributed by atoms with Crippen molar-refractivity contribution in [1.29, 1.82) is 0 Å². The molecular weight excluding hydrogens is 218 g/mol. The third-order valence-electron chi connectivity index (χ3n) is 3.05. The largest absolute Gasteiger partial charge is 0.382 e. The van der Waals surface area contributed by atoms with Gasteiger partial charge in [0.15, 0.2) is 0 Å². The molecule has 1 aliphatic rings. The number of nitrogens with one attached hydrogen (secondary N) is 1. The van der Waals surface area contributed by atoms with Crippen molar-refractivity contribution in [2.75, 3.05) is 25.9 Å². The Morgan fingerprint density at radius 1 is 1.59 bits per heavy atom. The summed E-state index contributed by atoms with van der Waals surface area (Å²) in [6, 6.07) is 1.98. The zero-order chi connectivity index (χ0) is 12.3. The quantitative estimate of drug-likeness (QED) is 0.755. The fraction of sp³-hybridized carbons (Fsp3) is 0.636. The van der Waals surface area contributed by atoms with Gasteiger partial charge in [-0.15, -0.1) is 0 Å². The fourth-order valence-corrected chi connectivity index (χ4v) is 2.04. The van der Waals surface area contributed by atoms with Crippen LogP contribution in [0.2, 0.25) is 0 Å². The molecule has 0 spiro atoms. The lowest BCUT2D eigenvalue weighted by Gasteiger charge is -2.29. The van der Waals surface area contributed by atoms with Gasteiger partial charge in [-0.25, -0.2) is 0 Å². The molecule has 0 bridgehead atoms. The smallest absolute Gasteiger partial charge is 0.241 e. The second kappa shape index (κ2) is 5.18. The van der Waals surface area contributed by atoms with Gasteiger partial charge in [0.2, 0.25) is 5.91 Å².